The molecule has 1 aromatic heterocycles. The third-order valence-corrected chi connectivity index (χ3v) is 2.99. The molecule has 1 atom stereocenters. The lowest BCUT2D eigenvalue weighted by molar-refractivity contribution is 0.479. The van der Waals surface area contributed by atoms with Gasteiger partial charge in [0.05, 0.1) is 0 Å². The number of hydrogen-bond donors (Lipinski definition) is 1. The molecule has 1 unspecified atom stereocenters. The van der Waals surface area contributed by atoms with Gasteiger partial charge in [-0.15, -0.1) is 0 Å². The highest BCUT2D eigenvalue weighted by atomic mass is 15.3. The van der Waals surface area contributed by atoms with Crippen molar-refractivity contribution in [1.82, 2.24) is 15.3 Å². The quantitative estimate of drug-likeness (QED) is 0.860. The summed E-state index contributed by atoms with van der Waals surface area (Å²) in [7, 11) is 0. The van der Waals surface area contributed by atoms with E-state index in [0.717, 1.165) is 32.0 Å². The summed E-state index contributed by atoms with van der Waals surface area (Å²) >= 11 is 0. The van der Waals surface area contributed by atoms with Gasteiger partial charge in [0.1, 0.15) is 0 Å². The molecule has 0 amide bonds. The van der Waals surface area contributed by atoms with E-state index < -0.39 is 0 Å². The molecule has 17 heavy (non-hydrogen) atoms. The zero-order chi connectivity index (χ0) is 12.3. The topological polar surface area (TPSA) is 41.1 Å². The molecule has 0 aromatic carbocycles. The van der Waals surface area contributed by atoms with Crippen LogP contribution >= 0.6 is 0 Å². The van der Waals surface area contributed by atoms with Crippen LogP contribution in [-0.2, 0) is 6.42 Å². The number of hydrogen-bond acceptors (Lipinski definition) is 4. The Balaban J connectivity index is 2.01. The van der Waals surface area contributed by atoms with Crippen molar-refractivity contribution in [2.24, 2.45) is 5.92 Å². The Bertz CT molecular complexity index is 347. The predicted octanol–water partition coefficient (Wildman–Crippen LogP) is 1.47. The highest BCUT2D eigenvalue weighted by Gasteiger charge is 2.17. The summed E-state index contributed by atoms with van der Waals surface area (Å²) in [4.78, 5) is 11.2. The smallest absolute Gasteiger partial charge is 0.225 e. The van der Waals surface area contributed by atoms with Gasteiger partial charge in [-0.25, -0.2) is 9.97 Å². The lowest BCUT2D eigenvalue weighted by Crippen LogP contribution is -2.49. The summed E-state index contributed by atoms with van der Waals surface area (Å²) in [6.07, 6.45) is 4.99. The van der Waals surface area contributed by atoms with Crippen LogP contribution in [0.15, 0.2) is 12.4 Å². The van der Waals surface area contributed by atoms with Crippen molar-refractivity contribution in [2.75, 3.05) is 24.5 Å². The van der Waals surface area contributed by atoms with Gasteiger partial charge in [-0.05, 0) is 24.8 Å². The molecule has 1 saturated heterocycles. The SMILES string of the molecule is CC(C)Cc1cnc(N2CCNC(C)C2)nc1. The number of nitrogens with one attached hydrogen (secondary N) is 1. The van der Waals surface area contributed by atoms with Gasteiger partial charge in [-0.3, -0.25) is 0 Å². The standard InChI is InChI=1S/C13H22N4/c1-10(2)6-12-7-15-13(16-8-12)17-5-4-14-11(3)9-17/h7-8,10-11,14H,4-6,9H2,1-3H3. The number of piperazine rings is 1. The Hall–Kier alpha value is -1.16. The number of aromatic nitrogens is 2. The highest BCUT2D eigenvalue weighted by Crippen LogP contribution is 2.12. The zero-order valence-electron chi connectivity index (χ0n) is 11.0. The summed E-state index contributed by atoms with van der Waals surface area (Å²) in [6, 6.07) is 0.516. The van der Waals surface area contributed by atoms with E-state index in [4.69, 9.17) is 0 Å². The second-order valence-corrected chi connectivity index (χ2v) is 5.29. The molecule has 4 nitrogen and oxygen atoms in total. The first-order chi connectivity index (χ1) is 8.15. The van der Waals surface area contributed by atoms with Crippen LogP contribution in [0.5, 0.6) is 0 Å². The molecule has 2 heterocycles. The maximum Gasteiger partial charge on any atom is 0.225 e. The summed E-state index contributed by atoms with van der Waals surface area (Å²) in [5.74, 6) is 1.52. The lowest BCUT2D eigenvalue weighted by atomic mass is 10.1. The van der Waals surface area contributed by atoms with Gasteiger partial charge < -0.3 is 10.2 Å². The maximum absolute atomic E-state index is 4.48. The van der Waals surface area contributed by atoms with E-state index in [1.54, 1.807) is 0 Å². The van der Waals surface area contributed by atoms with E-state index in [1.165, 1.54) is 5.56 Å². The molecule has 2 rings (SSSR count). The van der Waals surface area contributed by atoms with Gasteiger partial charge in [0.25, 0.3) is 0 Å². The van der Waals surface area contributed by atoms with Gasteiger partial charge in [0, 0.05) is 38.1 Å². The number of anilines is 1. The Kier molecular flexibility index (Phi) is 3.94. The molecule has 0 radical (unpaired) electrons. The molecule has 1 fully saturated rings. The minimum atomic E-state index is 0.516. The molecule has 0 bridgehead atoms. The summed E-state index contributed by atoms with van der Waals surface area (Å²) in [5.41, 5.74) is 1.23. The van der Waals surface area contributed by atoms with Crippen molar-refractivity contribution in [3.63, 3.8) is 0 Å². The first kappa shape index (κ1) is 12.3. The fourth-order valence-corrected chi connectivity index (χ4v) is 2.20. The van der Waals surface area contributed by atoms with Crippen molar-refractivity contribution in [3.8, 4) is 0 Å². The maximum atomic E-state index is 4.48. The van der Waals surface area contributed by atoms with Crippen LogP contribution in [-0.4, -0.2) is 35.6 Å². The largest absolute Gasteiger partial charge is 0.338 e. The van der Waals surface area contributed by atoms with Gasteiger partial charge in [0.15, 0.2) is 0 Å². The third-order valence-electron chi connectivity index (χ3n) is 2.99. The van der Waals surface area contributed by atoms with Crippen LogP contribution < -0.4 is 10.2 Å². The first-order valence-corrected chi connectivity index (χ1v) is 6.44. The molecular formula is C13H22N4. The Morgan fingerprint density at radius 1 is 1.41 bits per heavy atom. The van der Waals surface area contributed by atoms with E-state index in [2.05, 4.69) is 41.0 Å². The number of rotatable bonds is 3. The van der Waals surface area contributed by atoms with Gasteiger partial charge in [-0.1, -0.05) is 13.8 Å². The molecule has 1 aromatic rings. The molecule has 94 valence electrons. The highest BCUT2D eigenvalue weighted by molar-refractivity contribution is 5.31. The average Bonchev–Trinajstić information content (AvgIpc) is 2.29. The first-order valence-electron chi connectivity index (χ1n) is 6.44. The Morgan fingerprint density at radius 2 is 2.12 bits per heavy atom. The van der Waals surface area contributed by atoms with E-state index in [1.807, 2.05) is 12.4 Å². The van der Waals surface area contributed by atoms with Crippen LogP contribution in [0.3, 0.4) is 0 Å². The second-order valence-electron chi connectivity index (χ2n) is 5.29. The van der Waals surface area contributed by atoms with Crippen LogP contribution in [0, 0.1) is 5.92 Å². The molecule has 1 aliphatic rings. The number of nitrogens with zero attached hydrogens (tertiary/aromatic N) is 3. The Morgan fingerprint density at radius 3 is 2.71 bits per heavy atom. The monoisotopic (exact) mass is 234 g/mol. The van der Waals surface area contributed by atoms with Crippen molar-refractivity contribution >= 4 is 5.95 Å². The van der Waals surface area contributed by atoms with E-state index in [9.17, 15) is 0 Å². The van der Waals surface area contributed by atoms with Crippen molar-refractivity contribution in [1.29, 1.82) is 0 Å². The molecule has 0 spiro atoms. The van der Waals surface area contributed by atoms with Crippen molar-refractivity contribution < 1.29 is 0 Å². The molecule has 4 heteroatoms. The minimum absolute atomic E-state index is 0.516. The molecule has 0 saturated carbocycles. The minimum Gasteiger partial charge on any atom is -0.338 e. The van der Waals surface area contributed by atoms with Crippen molar-refractivity contribution in [2.45, 2.75) is 33.2 Å². The normalized spacial score (nSPS) is 20.9. The van der Waals surface area contributed by atoms with Crippen LogP contribution in [0.4, 0.5) is 5.95 Å². The molecule has 1 aliphatic heterocycles. The fourth-order valence-electron chi connectivity index (χ4n) is 2.20. The van der Waals surface area contributed by atoms with Gasteiger partial charge in [0.2, 0.25) is 5.95 Å². The molecular weight excluding hydrogens is 212 g/mol. The summed E-state index contributed by atoms with van der Waals surface area (Å²) < 4.78 is 0. The van der Waals surface area contributed by atoms with E-state index in [-0.39, 0.29) is 0 Å². The van der Waals surface area contributed by atoms with Crippen LogP contribution in [0.1, 0.15) is 26.3 Å². The lowest BCUT2D eigenvalue weighted by Gasteiger charge is -2.31. The second kappa shape index (κ2) is 5.45. The summed E-state index contributed by atoms with van der Waals surface area (Å²) in [5, 5.41) is 3.42. The Labute approximate surface area is 103 Å². The zero-order valence-corrected chi connectivity index (χ0v) is 11.0. The van der Waals surface area contributed by atoms with Crippen LogP contribution in [0.2, 0.25) is 0 Å². The van der Waals surface area contributed by atoms with Crippen LogP contribution in [0.25, 0.3) is 0 Å². The molecule has 0 aliphatic carbocycles. The predicted molar refractivity (Wildman–Crippen MR) is 70.3 cm³/mol. The average molecular weight is 234 g/mol. The van der Waals surface area contributed by atoms with Gasteiger partial charge in [-0.2, -0.15) is 0 Å². The van der Waals surface area contributed by atoms with E-state index in [0.29, 0.717) is 12.0 Å². The van der Waals surface area contributed by atoms with Crippen molar-refractivity contribution in [3.05, 3.63) is 18.0 Å². The van der Waals surface area contributed by atoms with E-state index >= 15 is 0 Å². The fraction of sp³-hybridized carbons (Fsp3) is 0.692. The summed E-state index contributed by atoms with van der Waals surface area (Å²) in [6.45, 7) is 9.62. The molecule has 1 N–H and O–H groups in total. The van der Waals surface area contributed by atoms with Gasteiger partial charge >= 0.3 is 0 Å². The third kappa shape index (κ3) is 3.40.